The number of benzene rings is 1. The van der Waals surface area contributed by atoms with Gasteiger partial charge in [-0.3, -0.25) is 4.99 Å². The molecular weight excluding hydrogens is 308 g/mol. The molecule has 140 valence electrons. The number of likely N-dealkylation sites (tertiary alicyclic amines) is 1. The van der Waals surface area contributed by atoms with E-state index >= 15 is 0 Å². The van der Waals surface area contributed by atoms with Crippen molar-refractivity contribution >= 4 is 5.96 Å². The van der Waals surface area contributed by atoms with Gasteiger partial charge in [0, 0.05) is 38.1 Å². The van der Waals surface area contributed by atoms with Crippen molar-refractivity contribution in [3.8, 4) is 0 Å². The monoisotopic (exact) mass is 344 g/mol. The maximum Gasteiger partial charge on any atom is 0.191 e. The molecule has 2 N–H and O–H groups in total. The Hall–Kier alpha value is -1.55. The molecule has 1 heterocycles. The summed E-state index contributed by atoms with van der Waals surface area (Å²) in [6, 6.07) is 9.37. The van der Waals surface area contributed by atoms with Gasteiger partial charge in [0.15, 0.2) is 5.96 Å². The molecule has 0 radical (unpaired) electrons. The van der Waals surface area contributed by atoms with Crippen LogP contribution in [0.25, 0.3) is 0 Å². The van der Waals surface area contributed by atoms with Crippen molar-refractivity contribution in [2.75, 3.05) is 33.2 Å². The van der Waals surface area contributed by atoms with Crippen molar-refractivity contribution in [1.82, 2.24) is 15.5 Å². The minimum Gasteiger partial charge on any atom is -0.356 e. The van der Waals surface area contributed by atoms with E-state index in [-0.39, 0.29) is 5.41 Å². The Morgan fingerprint density at radius 1 is 1.20 bits per heavy atom. The zero-order chi connectivity index (χ0) is 18.3. The Bertz CT molecular complexity index is 540. The largest absolute Gasteiger partial charge is 0.356 e. The Morgan fingerprint density at radius 3 is 2.40 bits per heavy atom. The maximum atomic E-state index is 4.43. The third-order valence-electron chi connectivity index (χ3n) is 5.22. The molecule has 0 amide bonds. The Labute approximate surface area is 154 Å². The van der Waals surface area contributed by atoms with Crippen LogP contribution >= 0.6 is 0 Å². The minimum atomic E-state index is 0.0653. The fraction of sp³-hybridized carbons (Fsp3) is 0.667. The minimum absolute atomic E-state index is 0.0653. The Kier molecular flexibility index (Phi) is 7.30. The van der Waals surface area contributed by atoms with Crippen LogP contribution in [-0.4, -0.2) is 50.1 Å². The van der Waals surface area contributed by atoms with Crippen LogP contribution in [0.4, 0.5) is 0 Å². The first-order valence-electron chi connectivity index (χ1n) is 9.71. The summed E-state index contributed by atoms with van der Waals surface area (Å²) in [6.45, 7) is 13.4. The van der Waals surface area contributed by atoms with Crippen LogP contribution in [0.1, 0.15) is 51.2 Å². The Balaban J connectivity index is 1.83. The third kappa shape index (κ3) is 6.03. The second-order valence-electron chi connectivity index (χ2n) is 7.94. The van der Waals surface area contributed by atoms with Crippen molar-refractivity contribution in [2.45, 2.75) is 58.4 Å². The van der Waals surface area contributed by atoms with Crippen molar-refractivity contribution in [3.63, 3.8) is 0 Å². The van der Waals surface area contributed by atoms with Crippen LogP contribution in [0.5, 0.6) is 0 Å². The van der Waals surface area contributed by atoms with E-state index in [0.29, 0.717) is 6.04 Å². The summed E-state index contributed by atoms with van der Waals surface area (Å²) in [5, 5.41) is 7.15. The molecule has 1 saturated heterocycles. The van der Waals surface area contributed by atoms with E-state index in [2.05, 4.69) is 72.5 Å². The molecule has 0 bridgehead atoms. The molecule has 1 fully saturated rings. The summed E-state index contributed by atoms with van der Waals surface area (Å²) in [7, 11) is 1.86. The van der Waals surface area contributed by atoms with E-state index in [1.54, 1.807) is 0 Å². The van der Waals surface area contributed by atoms with Crippen molar-refractivity contribution in [1.29, 1.82) is 0 Å². The van der Waals surface area contributed by atoms with E-state index in [9.17, 15) is 0 Å². The summed E-state index contributed by atoms with van der Waals surface area (Å²) in [5.41, 5.74) is 2.73. The van der Waals surface area contributed by atoms with Gasteiger partial charge in [-0.2, -0.15) is 0 Å². The van der Waals surface area contributed by atoms with E-state index < -0.39 is 0 Å². The molecule has 0 saturated carbocycles. The molecule has 0 aromatic heterocycles. The van der Waals surface area contributed by atoms with Crippen molar-refractivity contribution in [3.05, 3.63) is 35.4 Å². The molecule has 0 unspecified atom stereocenters. The average molecular weight is 345 g/mol. The summed E-state index contributed by atoms with van der Waals surface area (Å²) in [5.74, 6) is 0.925. The number of nitrogens with one attached hydrogen (secondary N) is 2. The highest BCUT2D eigenvalue weighted by Gasteiger charge is 2.23. The first-order chi connectivity index (χ1) is 11.9. The van der Waals surface area contributed by atoms with Crippen LogP contribution < -0.4 is 10.6 Å². The SMILES string of the molecule is CCCN1CCC(NC(=NC)NCC(C)(C)c2ccc(C)cc2)CC1. The van der Waals surface area contributed by atoms with Gasteiger partial charge in [0.25, 0.3) is 0 Å². The van der Waals surface area contributed by atoms with Gasteiger partial charge < -0.3 is 15.5 Å². The van der Waals surface area contributed by atoms with E-state index in [1.807, 2.05) is 7.05 Å². The van der Waals surface area contributed by atoms with Crippen LogP contribution in [0, 0.1) is 6.92 Å². The predicted octanol–water partition coefficient (Wildman–Crippen LogP) is 3.31. The molecule has 1 aromatic carbocycles. The van der Waals surface area contributed by atoms with Crippen molar-refractivity contribution in [2.24, 2.45) is 4.99 Å². The predicted molar refractivity (Wildman–Crippen MR) is 108 cm³/mol. The smallest absolute Gasteiger partial charge is 0.191 e. The highest BCUT2D eigenvalue weighted by molar-refractivity contribution is 5.80. The second kappa shape index (κ2) is 9.23. The topological polar surface area (TPSA) is 39.7 Å². The Morgan fingerprint density at radius 2 is 1.84 bits per heavy atom. The number of aryl methyl sites for hydroxylation is 1. The van der Waals surface area contributed by atoms with Gasteiger partial charge in [-0.15, -0.1) is 0 Å². The zero-order valence-electron chi connectivity index (χ0n) is 16.7. The molecule has 1 aliphatic heterocycles. The molecule has 1 aliphatic rings. The number of hydrogen-bond donors (Lipinski definition) is 2. The zero-order valence-corrected chi connectivity index (χ0v) is 16.7. The van der Waals surface area contributed by atoms with Gasteiger partial charge in [-0.1, -0.05) is 50.6 Å². The van der Waals surface area contributed by atoms with Gasteiger partial charge in [-0.05, 0) is 38.3 Å². The average Bonchev–Trinajstić information content (AvgIpc) is 2.60. The first-order valence-corrected chi connectivity index (χ1v) is 9.71. The lowest BCUT2D eigenvalue weighted by Gasteiger charge is -2.33. The van der Waals surface area contributed by atoms with Crippen LogP contribution in [0.2, 0.25) is 0 Å². The molecule has 4 nitrogen and oxygen atoms in total. The number of piperidine rings is 1. The van der Waals surface area contributed by atoms with Crippen molar-refractivity contribution < 1.29 is 0 Å². The lowest BCUT2D eigenvalue weighted by molar-refractivity contribution is 0.206. The van der Waals surface area contributed by atoms with Crippen LogP contribution in [0.3, 0.4) is 0 Å². The van der Waals surface area contributed by atoms with Gasteiger partial charge in [0.2, 0.25) is 0 Å². The lowest BCUT2D eigenvalue weighted by atomic mass is 9.84. The highest BCUT2D eigenvalue weighted by Crippen LogP contribution is 2.22. The molecule has 0 atom stereocenters. The summed E-state index contributed by atoms with van der Waals surface area (Å²) in [6.07, 6.45) is 3.64. The fourth-order valence-corrected chi connectivity index (χ4v) is 3.42. The lowest BCUT2D eigenvalue weighted by Crippen LogP contribution is -2.50. The molecule has 1 aromatic rings. The number of aliphatic imine (C=N–C) groups is 1. The molecule has 4 heteroatoms. The second-order valence-corrected chi connectivity index (χ2v) is 7.94. The van der Waals surface area contributed by atoms with Crippen LogP contribution in [-0.2, 0) is 5.41 Å². The van der Waals surface area contributed by atoms with Gasteiger partial charge in [0.1, 0.15) is 0 Å². The number of nitrogens with zero attached hydrogens (tertiary/aromatic N) is 2. The molecular formula is C21H36N4. The summed E-state index contributed by atoms with van der Waals surface area (Å²) >= 11 is 0. The first kappa shape index (κ1) is 19.8. The molecule has 0 spiro atoms. The third-order valence-corrected chi connectivity index (χ3v) is 5.22. The number of guanidine groups is 1. The normalized spacial score (nSPS) is 17.6. The van der Waals surface area contributed by atoms with E-state index in [4.69, 9.17) is 0 Å². The number of rotatable bonds is 6. The summed E-state index contributed by atoms with van der Waals surface area (Å²) in [4.78, 5) is 6.99. The summed E-state index contributed by atoms with van der Waals surface area (Å²) < 4.78 is 0. The molecule has 25 heavy (non-hydrogen) atoms. The quantitative estimate of drug-likeness (QED) is 0.614. The maximum absolute atomic E-state index is 4.43. The molecule has 0 aliphatic carbocycles. The van der Waals surface area contributed by atoms with Gasteiger partial charge >= 0.3 is 0 Å². The van der Waals surface area contributed by atoms with E-state index in [0.717, 1.165) is 12.5 Å². The fourth-order valence-electron chi connectivity index (χ4n) is 3.42. The van der Waals surface area contributed by atoms with Gasteiger partial charge in [0.05, 0.1) is 0 Å². The standard InChI is InChI=1S/C21H36N4/c1-6-13-25-14-11-19(12-15-25)24-20(22-5)23-16-21(3,4)18-9-7-17(2)8-10-18/h7-10,19H,6,11-16H2,1-5H3,(H2,22,23,24). The van der Waals surface area contributed by atoms with Gasteiger partial charge in [-0.25, -0.2) is 0 Å². The number of hydrogen-bond acceptors (Lipinski definition) is 2. The molecule has 2 rings (SSSR count). The highest BCUT2D eigenvalue weighted by atomic mass is 15.2. The van der Waals surface area contributed by atoms with Crippen LogP contribution in [0.15, 0.2) is 29.3 Å². The van der Waals surface area contributed by atoms with E-state index in [1.165, 1.54) is 50.0 Å².